The number of hydrogen-bond donors (Lipinski definition) is 2. The van der Waals surface area contributed by atoms with Crippen molar-refractivity contribution < 1.29 is 29.3 Å². The van der Waals surface area contributed by atoms with E-state index >= 15 is 0 Å². The van der Waals surface area contributed by atoms with Crippen LogP contribution in [0.15, 0.2) is 47.6 Å². The molecule has 0 aliphatic carbocycles. The minimum absolute atomic E-state index is 0.109. The van der Waals surface area contributed by atoms with E-state index in [9.17, 15) is 39.7 Å². The number of aromatic hydroxyl groups is 1. The Balaban J connectivity index is 2.12. The second kappa shape index (κ2) is 8.70. The van der Waals surface area contributed by atoms with Gasteiger partial charge in [-0.2, -0.15) is 5.10 Å². The average Bonchev–Trinajstić information content (AvgIpc) is 2.79. The van der Waals surface area contributed by atoms with Gasteiger partial charge in [-0.3, -0.25) is 45.0 Å². The van der Waals surface area contributed by atoms with Crippen LogP contribution in [0.4, 0.5) is 21.9 Å². The van der Waals surface area contributed by atoms with E-state index in [1.165, 1.54) is 38.4 Å². The summed E-state index contributed by atoms with van der Waals surface area (Å²) < 4.78 is 0. The molecule has 0 spiro atoms. The van der Waals surface area contributed by atoms with Crippen LogP contribution in [0.3, 0.4) is 0 Å². The normalized spacial score (nSPS) is 15.1. The van der Waals surface area contributed by atoms with Crippen molar-refractivity contribution in [1.29, 1.82) is 0 Å². The van der Waals surface area contributed by atoms with Crippen LogP contribution in [0.2, 0.25) is 0 Å². The first-order valence-corrected chi connectivity index (χ1v) is 9.17. The number of imide groups is 2. The number of nitrogens with one attached hydrogen (secondary N) is 1. The first-order valence-electron chi connectivity index (χ1n) is 9.17. The van der Waals surface area contributed by atoms with Gasteiger partial charge >= 0.3 is 11.7 Å². The predicted octanol–water partition coefficient (Wildman–Crippen LogP) is 1.69. The summed E-state index contributed by atoms with van der Waals surface area (Å²) in [5.74, 6) is -3.44. The molecule has 2 aromatic carbocycles. The van der Waals surface area contributed by atoms with Gasteiger partial charge in [-0.25, -0.2) is 4.79 Å². The van der Waals surface area contributed by atoms with Crippen molar-refractivity contribution in [2.45, 2.75) is 0 Å². The molecule has 0 bridgehead atoms. The lowest BCUT2D eigenvalue weighted by Crippen LogP contribution is -2.59. The quantitative estimate of drug-likeness (QED) is 0.282. The minimum Gasteiger partial charge on any atom is -0.508 e. The monoisotopic (exact) mass is 456 g/mol. The molecule has 0 radical (unpaired) electrons. The number of hydrazone groups is 1. The zero-order chi connectivity index (χ0) is 24.4. The van der Waals surface area contributed by atoms with Crippen LogP contribution in [-0.2, 0) is 9.59 Å². The molecular formula is C19H16N6O8. The van der Waals surface area contributed by atoms with Crippen molar-refractivity contribution in [3.8, 4) is 5.75 Å². The minimum atomic E-state index is -1.58. The van der Waals surface area contributed by atoms with Crippen LogP contribution in [0.1, 0.15) is 5.56 Å². The SMILES string of the molecule is CN1C(=O)C(/C(=N/Nc2ccc([N+](=O)[O-])cc2[N+](=O)[O-])c2ccc(O)cc2)C(=O)N(C)C1=O. The first-order chi connectivity index (χ1) is 15.5. The average molecular weight is 456 g/mol. The van der Waals surface area contributed by atoms with Crippen molar-refractivity contribution in [2.24, 2.45) is 11.0 Å². The number of non-ortho nitro benzene ring substituents is 1. The van der Waals surface area contributed by atoms with Crippen molar-refractivity contribution in [1.82, 2.24) is 9.80 Å². The van der Waals surface area contributed by atoms with Gasteiger partial charge in [0.25, 0.3) is 5.69 Å². The van der Waals surface area contributed by atoms with Gasteiger partial charge in [0.05, 0.1) is 21.6 Å². The number of hydrogen-bond acceptors (Lipinski definition) is 10. The number of nitro groups is 2. The number of anilines is 1. The van der Waals surface area contributed by atoms with E-state index in [0.717, 1.165) is 28.0 Å². The number of nitrogens with zero attached hydrogens (tertiary/aromatic N) is 5. The largest absolute Gasteiger partial charge is 0.508 e. The number of barbiturate groups is 1. The lowest BCUT2D eigenvalue weighted by atomic mass is 9.92. The molecule has 0 aromatic heterocycles. The van der Waals surface area contributed by atoms with Crippen LogP contribution in [-0.4, -0.2) is 62.4 Å². The van der Waals surface area contributed by atoms with E-state index in [1.54, 1.807) is 0 Å². The van der Waals surface area contributed by atoms with Crippen LogP contribution in [0, 0.1) is 26.1 Å². The summed E-state index contributed by atoms with van der Waals surface area (Å²) in [5.41, 5.74) is 0.976. The standard InChI is InChI=1S/C19H16N6O8/c1-22-17(27)15(18(28)23(2)19(22)29)16(10-3-6-12(26)7-4-10)21-20-13-8-5-11(24(30)31)9-14(13)25(32)33/h3-9,15,20,26H,1-2H3/b21-16+. The Hall–Kier alpha value is -4.88. The fourth-order valence-electron chi connectivity index (χ4n) is 3.07. The molecule has 14 heteroatoms. The lowest BCUT2D eigenvalue weighted by Gasteiger charge is -2.33. The van der Waals surface area contributed by atoms with E-state index < -0.39 is 45.0 Å². The van der Waals surface area contributed by atoms with Crippen molar-refractivity contribution in [3.63, 3.8) is 0 Å². The topological polar surface area (TPSA) is 189 Å². The lowest BCUT2D eigenvalue weighted by molar-refractivity contribution is -0.393. The number of benzene rings is 2. The highest BCUT2D eigenvalue weighted by atomic mass is 16.6. The fourth-order valence-corrected chi connectivity index (χ4v) is 3.07. The summed E-state index contributed by atoms with van der Waals surface area (Å²) in [6.07, 6.45) is 0. The highest BCUT2D eigenvalue weighted by Crippen LogP contribution is 2.30. The van der Waals surface area contributed by atoms with Crippen molar-refractivity contribution in [3.05, 3.63) is 68.3 Å². The number of rotatable bonds is 6. The summed E-state index contributed by atoms with van der Waals surface area (Å²) in [6.45, 7) is 0. The number of amides is 4. The van der Waals surface area contributed by atoms with Gasteiger partial charge in [0, 0.05) is 20.2 Å². The maximum atomic E-state index is 12.8. The molecule has 1 aliphatic heterocycles. The van der Waals surface area contributed by atoms with Gasteiger partial charge in [0.2, 0.25) is 11.8 Å². The molecule has 170 valence electrons. The van der Waals surface area contributed by atoms with Crippen LogP contribution in [0.5, 0.6) is 5.75 Å². The Labute approximate surface area is 185 Å². The van der Waals surface area contributed by atoms with Crippen LogP contribution < -0.4 is 5.43 Å². The molecule has 1 fully saturated rings. The molecule has 0 unspecified atom stereocenters. The Kier molecular flexibility index (Phi) is 6.01. The number of phenols is 1. The Morgan fingerprint density at radius 2 is 1.55 bits per heavy atom. The number of nitro benzene ring substituents is 2. The molecule has 14 nitrogen and oxygen atoms in total. The third kappa shape index (κ3) is 4.30. The summed E-state index contributed by atoms with van der Waals surface area (Å²) in [7, 11) is 2.37. The zero-order valence-corrected chi connectivity index (χ0v) is 17.2. The number of urea groups is 1. The second-order valence-corrected chi connectivity index (χ2v) is 6.88. The van der Waals surface area contributed by atoms with E-state index in [0.29, 0.717) is 0 Å². The van der Waals surface area contributed by atoms with Gasteiger partial charge < -0.3 is 5.11 Å². The van der Waals surface area contributed by atoms with E-state index in [-0.39, 0.29) is 22.7 Å². The molecule has 4 amide bonds. The Morgan fingerprint density at radius 3 is 2.06 bits per heavy atom. The van der Waals surface area contributed by atoms with Gasteiger partial charge in [-0.1, -0.05) is 0 Å². The summed E-state index contributed by atoms with van der Waals surface area (Å²) in [4.78, 5) is 59.8. The van der Waals surface area contributed by atoms with Crippen molar-refractivity contribution in [2.75, 3.05) is 19.5 Å². The molecule has 33 heavy (non-hydrogen) atoms. The van der Waals surface area contributed by atoms with E-state index in [1.807, 2.05) is 0 Å². The van der Waals surface area contributed by atoms with Crippen LogP contribution >= 0.6 is 0 Å². The Bertz CT molecular complexity index is 1190. The summed E-state index contributed by atoms with van der Waals surface area (Å²) in [5, 5.41) is 35.9. The molecule has 2 aromatic rings. The van der Waals surface area contributed by atoms with Gasteiger partial charge in [0.15, 0.2) is 5.92 Å². The van der Waals surface area contributed by atoms with Gasteiger partial charge in [-0.05, 0) is 35.9 Å². The Morgan fingerprint density at radius 1 is 0.970 bits per heavy atom. The molecule has 2 N–H and O–H groups in total. The molecule has 1 heterocycles. The van der Waals surface area contributed by atoms with E-state index in [4.69, 9.17) is 0 Å². The number of phenolic OH excluding ortho intramolecular Hbond substituents is 1. The molecule has 0 atom stereocenters. The highest BCUT2D eigenvalue weighted by Gasteiger charge is 2.45. The van der Waals surface area contributed by atoms with E-state index in [2.05, 4.69) is 10.5 Å². The van der Waals surface area contributed by atoms with Crippen LogP contribution in [0.25, 0.3) is 0 Å². The molecular weight excluding hydrogens is 440 g/mol. The summed E-state index contributed by atoms with van der Waals surface area (Å²) >= 11 is 0. The molecule has 1 aliphatic rings. The van der Waals surface area contributed by atoms with Crippen molar-refractivity contribution >= 4 is 40.6 Å². The first kappa shape index (κ1) is 22.8. The predicted molar refractivity (Wildman–Crippen MR) is 112 cm³/mol. The number of carbonyl (C=O) groups is 3. The third-order valence-corrected chi connectivity index (χ3v) is 4.85. The number of carbonyl (C=O) groups excluding carboxylic acids is 3. The van der Waals surface area contributed by atoms with Gasteiger partial charge in [0.1, 0.15) is 11.4 Å². The maximum Gasteiger partial charge on any atom is 0.332 e. The fraction of sp³-hybridized carbons (Fsp3) is 0.158. The molecule has 1 saturated heterocycles. The third-order valence-electron chi connectivity index (χ3n) is 4.85. The smallest absolute Gasteiger partial charge is 0.332 e. The summed E-state index contributed by atoms with van der Waals surface area (Å²) in [6, 6.07) is 7.22. The molecule has 3 rings (SSSR count). The van der Waals surface area contributed by atoms with Gasteiger partial charge in [-0.15, -0.1) is 0 Å². The molecule has 0 saturated carbocycles. The zero-order valence-electron chi connectivity index (χ0n) is 17.2. The highest BCUT2D eigenvalue weighted by molar-refractivity contribution is 6.31. The second-order valence-electron chi connectivity index (χ2n) is 6.88. The maximum absolute atomic E-state index is 12.8.